The van der Waals surface area contributed by atoms with Gasteiger partial charge in [-0.05, 0) is 62.2 Å². The number of hydrogen-bond donors (Lipinski definition) is 0. The number of ether oxygens (including phenoxy) is 2. The van der Waals surface area contributed by atoms with E-state index in [4.69, 9.17) is 9.47 Å². The molecule has 7 nitrogen and oxygen atoms in total. The average molecular weight is 560 g/mol. The average Bonchev–Trinajstić information content (AvgIpc) is 3.63. The number of hydrogen-bond acceptors (Lipinski definition) is 6. The van der Waals surface area contributed by atoms with Gasteiger partial charge in [0.1, 0.15) is 35.6 Å². The van der Waals surface area contributed by atoms with Crippen molar-refractivity contribution < 1.29 is 18.3 Å². The van der Waals surface area contributed by atoms with E-state index < -0.39 is 17.2 Å². The quantitative estimate of drug-likeness (QED) is 0.284. The van der Waals surface area contributed by atoms with Crippen molar-refractivity contribution in [3.05, 3.63) is 102 Å². The molecule has 0 bridgehead atoms. The molecule has 2 fully saturated rings. The Labute approximate surface area is 239 Å². The van der Waals surface area contributed by atoms with Crippen LogP contribution in [0.3, 0.4) is 0 Å². The molecule has 0 aliphatic carbocycles. The highest BCUT2D eigenvalue weighted by Crippen LogP contribution is 2.42. The van der Waals surface area contributed by atoms with Gasteiger partial charge in [0.15, 0.2) is 0 Å². The minimum atomic E-state index is -0.987. The molecule has 0 spiro atoms. The lowest BCUT2D eigenvalue weighted by Crippen LogP contribution is -2.46. The highest BCUT2D eigenvalue weighted by atomic mass is 19.1. The number of anilines is 2. The minimum absolute atomic E-state index is 0.0249. The van der Waals surface area contributed by atoms with Gasteiger partial charge >= 0.3 is 0 Å². The monoisotopic (exact) mass is 559 g/mol. The van der Waals surface area contributed by atoms with Crippen molar-refractivity contribution in [3.8, 4) is 5.75 Å². The lowest BCUT2D eigenvalue weighted by Gasteiger charge is -2.37. The van der Waals surface area contributed by atoms with E-state index >= 15 is 0 Å². The highest BCUT2D eigenvalue weighted by molar-refractivity contribution is 5.55. The van der Waals surface area contributed by atoms with Crippen LogP contribution in [-0.4, -0.2) is 54.2 Å². The maximum atomic E-state index is 14.9. The van der Waals surface area contributed by atoms with E-state index in [0.717, 1.165) is 43.6 Å². The second-order valence-electron chi connectivity index (χ2n) is 11.2. The summed E-state index contributed by atoms with van der Waals surface area (Å²) in [5.41, 5.74) is 4.15. The van der Waals surface area contributed by atoms with Crippen LogP contribution in [0.5, 0.6) is 5.75 Å². The van der Waals surface area contributed by atoms with Crippen LogP contribution in [0.2, 0.25) is 0 Å². The molecule has 3 heterocycles. The first-order chi connectivity index (χ1) is 19.9. The molecule has 4 aromatic rings. The molecule has 0 N–H and O–H groups in total. The number of aromatic nitrogens is 3. The molecular formula is C32H35F2N5O2. The summed E-state index contributed by atoms with van der Waals surface area (Å²) in [7, 11) is 0. The summed E-state index contributed by atoms with van der Waals surface area (Å²) in [6.45, 7) is 9.15. The fraction of sp³-hybridized carbons (Fsp3) is 0.375. The Bertz CT molecular complexity index is 1470. The first-order valence-electron chi connectivity index (χ1n) is 14.1. The number of nitrogens with zero attached hydrogens (tertiary/aromatic N) is 5. The second-order valence-corrected chi connectivity index (χ2v) is 11.2. The standard InChI is InChI=1S/C32H35F2N5O2/c1-23-3-6-27(7-4-23)37-11-13-38(14-12-37)28-8-10-31(24(2)15-28)40-18-25-17-32(41-19-25,20-39-22-35-21-36-39)29-9-5-26(33)16-30(29)34/h3-10,15-16,21-22,25H,11-14,17-20H2,1-2H3. The largest absolute Gasteiger partial charge is 0.493 e. The van der Waals surface area contributed by atoms with E-state index in [1.54, 1.807) is 11.0 Å². The number of piperazine rings is 1. The smallest absolute Gasteiger partial charge is 0.137 e. The third-order valence-electron chi connectivity index (χ3n) is 8.20. The molecule has 6 rings (SSSR count). The summed E-state index contributed by atoms with van der Waals surface area (Å²) in [6.07, 6.45) is 3.52. The van der Waals surface area contributed by atoms with Crippen molar-refractivity contribution in [2.45, 2.75) is 32.4 Å². The number of benzene rings is 3. The number of aryl methyl sites for hydroxylation is 2. The summed E-state index contributed by atoms with van der Waals surface area (Å²) in [4.78, 5) is 8.86. The molecule has 0 saturated carbocycles. The molecule has 0 amide bonds. The zero-order chi connectivity index (χ0) is 28.4. The fourth-order valence-electron chi connectivity index (χ4n) is 5.96. The van der Waals surface area contributed by atoms with Crippen molar-refractivity contribution in [1.82, 2.24) is 14.8 Å². The molecule has 214 valence electrons. The topological polar surface area (TPSA) is 55.7 Å². The maximum Gasteiger partial charge on any atom is 0.137 e. The van der Waals surface area contributed by atoms with Gasteiger partial charge in [-0.15, -0.1) is 0 Å². The molecule has 2 saturated heterocycles. The van der Waals surface area contributed by atoms with E-state index in [0.29, 0.717) is 25.2 Å². The van der Waals surface area contributed by atoms with Crippen LogP contribution in [0, 0.1) is 31.4 Å². The van der Waals surface area contributed by atoms with Crippen LogP contribution in [-0.2, 0) is 16.9 Å². The Morgan fingerprint density at radius 2 is 1.66 bits per heavy atom. The van der Waals surface area contributed by atoms with Crippen molar-refractivity contribution in [2.24, 2.45) is 5.92 Å². The van der Waals surface area contributed by atoms with Gasteiger partial charge in [-0.1, -0.05) is 23.8 Å². The first-order valence-corrected chi connectivity index (χ1v) is 14.1. The van der Waals surface area contributed by atoms with E-state index in [1.807, 2.05) is 6.07 Å². The highest BCUT2D eigenvalue weighted by Gasteiger charge is 2.44. The summed E-state index contributed by atoms with van der Waals surface area (Å²) < 4.78 is 42.7. The Morgan fingerprint density at radius 3 is 2.34 bits per heavy atom. The second kappa shape index (κ2) is 11.5. The summed E-state index contributed by atoms with van der Waals surface area (Å²) in [6, 6.07) is 18.7. The third kappa shape index (κ3) is 5.91. The van der Waals surface area contributed by atoms with Gasteiger partial charge in [0, 0.05) is 55.1 Å². The molecule has 0 radical (unpaired) electrons. The number of halogens is 2. The van der Waals surface area contributed by atoms with E-state index in [2.05, 4.69) is 70.1 Å². The van der Waals surface area contributed by atoms with Crippen LogP contribution < -0.4 is 14.5 Å². The Balaban J connectivity index is 1.08. The van der Waals surface area contributed by atoms with Crippen LogP contribution in [0.25, 0.3) is 0 Å². The van der Waals surface area contributed by atoms with Crippen molar-refractivity contribution in [2.75, 3.05) is 49.2 Å². The van der Waals surface area contributed by atoms with Gasteiger partial charge < -0.3 is 19.3 Å². The van der Waals surface area contributed by atoms with Crippen molar-refractivity contribution in [1.29, 1.82) is 0 Å². The minimum Gasteiger partial charge on any atom is -0.493 e. The lowest BCUT2D eigenvalue weighted by molar-refractivity contribution is -0.0206. The lowest BCUT2D eigenvalue weighted by atomic mass is 9.87. The molecule has 2 aliphatic rings. The summed E-state index contributed by atoms with van der Waals surface area (Å²) in [5.74, 6) is -0.393. The van der Waals surface area contributed by atoms with Crippen molar-refractivity contribution in [3.63, 3.8) is 0 Å². The normalized spacial score (nSPS) is 20.9. The molecule has 2 atom stereocenters. The van der Waals surface area contributed by atoms with Gasteiger partial charge in [-0.3, -0.25) is 0 Å². The SMILES string of the molecule is Cc1ccc(N2CCN(c3ccc(OCC4COC(Cn5cncn5)(c5ccc(F)cc5F)C4)c(C)c3)CC2)cc1. The van der Waals surface area contributed by atoms with Gasteiger partial charge in [0.2, 0.25) is 0 Å². The predicted octanol–water partition coefficient (Wildman–Crippen LogP) is 5.51. The number of rotatable bonds is 8. The van der Waals surface area contributed by atoms with Gasteiger partial charge in [-0.2, -0.15) is 5.10 Å². The van der Waals surface area contributed by atoms with E-state index in [-0.39, 0.29) is 12.5 Å². The predicted molar refractivity (Wildman–Crippen MR) is 154 cm³/mol. The molecule has 3 aromatic carbocycles. The van der Waals surface area contributed by atoms with Crippen LogP contribution in [0.1, 0.15) is 23.1 Å². The van der Waals surface area contributed by atoms with Crippen LogP contribution in [0.4, 0.5) is 20.2 Å². The zero-order valence-corrected chi connectivity index (χ0v) is 23.5. The molecular weight excluding hydrogens is 524 g/mol. The molecule has 2 unspecified atom stereocenters. The summed E-state index contributed by atoms with van der Waals surface area (Å²) >= 11 is 0. The molecule has 2 aliphatic heterocycles. The molecule has 9 heteroatoms. The van der Waals surface area contributed by atoms with Crippen LogP contribution >= 0.6 is 0 Å². The molecule has 1 aromatic heterocycles. The molecule has 41 heavy (non-hydrogen) atoms. The Hall–Kier alpha value is -3.98. The zero-order valence-electron chi connectivity index (χ0n) is 23.5. The Morgan fingerprint density at radius 1 is 0.927 bits per heavy atom. The van der Waals surface area contributed by atoms with Crippen molar-refractivity contribution >= 4 is 11.4 Å². The fourth-order valence-corrected chi connectivity index (χ4v) is 5.96. The van der Waals surface area contributed by atoms with E-state index in [1.165, 1.54) is 35.4 Å². The van der Waals surface area contributed by atoms with E-state index in [9.17, 15) is 8.78 Å². The Kier molecular flexibility index (Phi) is 7.62. The van der Waals surface area contributed by atoms with Crippen LogP contribution in [0.15, 0.2) is 73.3 Å². The van der Waals surface area contributed by atoms with Gasteiger partial charge in [0.05, 0.1) is 19.8 Å². The first kappa shape index (κ1) is 27.2. The van der Waals surface area contributed by atoms with Gasteiger partial charge in [-0.25, -0.2) is 18.4 Å². The third-order valence-corrected chi connectivity index (χ3v) is 8.20. The van der Waals surface area contributed by atoms with Gasteiger partial charge in [0.25, 0.3) is 0 Å². The summed E-state index contributed by atoms with van der Waals surface area (Å²) in [5, 5.41) is 4.19. The maximum absolute atomic E-state index is 14.9.